The van der Waals surface area contributed by atoms with Crippen molar-refractivity contribution in [2.45, 2.75) is 19.4 Å². The summed E-state index contributed by atoms with van der Waals surface area (Å²) in [6.07, 6.45) is 0.0675. The highest BCUT2D eigenvalue weighted by Gasteiger charge is 2.11. The SMILES string of the molecule is CC(O)CCN(C)C(=O)CNC(=O)Nc1ccccc1. The Balaban J connectivity index is 2.28. The molecular weight excluding hydrogens is 258 g/mol. The molecule has 20 heavy (non-hydrogen) atoms. The first kappa shape index (κ1) is 16.0. The van der Waals surface area contributed by atoms with Crippen LogP contribution < -0.4 is 10.6 Å². The molecule has 0 heterocycles. The lowest BCUT2D eigenvalue weighted by Crippen LogP contribution is -2.40. The Morgan fingerprint density at radius 3 is 2.55 bits per heavy atom. The van der Waals surface area contributed by atoms with Gasteiger partial charge in [0.05, 0.1) is 12.6 Å². The number of aliphatic hydroxyl groups excluding tert-OH is 1. The summed E-state index contributed by atoms with van der Waals surface area (Å²) in [5.41, 5.74) is 0.667. The van der Waals surface area contributed by atoms with Crippen LogP contribution in [0, 0.1) is 0 Å². The molecule has 0 saturated carbocycles. The molecule has 6 heteroatoms. The normalized spacial score (nSPS) is 11.6. The number of benzene rings is 1. The second-order valence-electron chi connectivity index (χ2n) is 4.63. The van der Waals surface area contributed by atoms with Gasteiger partial charge in [-0.3, -0.25) is 4.79 Å². The molecule has 6 nitrogen and oxygen atoms in total. The number of carbonyl (C=O) groups is 2. The van der Waals surface area contributed by atoms with Crippen molar-refractivity contribution in [3.05, 3.63) is 30.3 Å². The molecule has 3 amide bonds. The molecule has 1 aromatic carbocycles. The number of likely N-dealkylation sites (N-methyl/N-ethyl adjacent to an activating group) is 1. The minimum Gasteiger partial charge on any atom is -0.393 e. The van der Waals surface area contributed by atoms with Gasteiger partial charge in [-0.25, -0.2) is 4.79 Å². The largest absolute Gasteiger partial charge is 0.393 e. The average molecular weight is 279 g/mol. The van der Waals surface area contributed by atoms with Gasteiger partial charge in [0.15, 0.2) is 0 Å². The molecule has 3 N–H and O–H groups in total. The fraction of sp³-hybridized carbons (Fsp3) is 0.429. The zero-order valence-electron chi connectivity index (χ0n) is 11.8. The lowest BCUT2D eigenvalue weighted by Gasteiger charge is -2.18. The third-order valence-electron chi connectivity index (χ3n) is 2.74. The number of nitrogens with zero attached hydrogens (tertiary/aromatic N) is 1. The van der Waals surface area contributed by atoms with Crippen molar-refractivity contribution in [3.8, 4) is 0 Å². The average Bonchev–Trinajstić information content (AvgIpc) is 2.43. The number of anilines is 1. The zero-order chi connectivity index (χ0) is 15.0. The molecule has 0 saturated heterocycles. The van der Waals surface area contributed by atoms with Crippen LogP contribution in [0.25, 0.3) is 0 Å². The number of rotatable bonds is 6. The van der Waals surface area contributed by atoms with E-state index in [0.717, 1.165) is 0 Å². The van der Waals surface area contributed by atoms with Crippen molar-refractivity contribution >= 4 is 17.6 Å². The molecule has 1 unspecified atom stereocenters. The summed E-state index contributed by atoms with van der Waals surface area (Å²) in [6, 6.07) is 8.57. The number of nitrogens with one attached hydrogen (secondary N) is 2. The van der Waals surface area contributed by atoms with Crippen LogP contribution in [0.15, 0.2) is 30.3 Å². The summed E-state index contributed by atoms with van der Waals surface area (Å²) in [5.74, 6) is -0.200. The lowest BCUT2D eigenvalue weighted by molar-refractivity contribution is -0.129. The van der Waals surface area contributed by atoms with Gasteiger partial charge < -0.3 is 20.6 Å². The van der Waals surface area contributed by atoms with E-state index >= 15 is 0 Å². The standard InChI is InChI=1S/C14H21N3O3/c1-11(18)8-9-17(2)13(19)10-15-14(20)16-12-6-4-3-5-7-12/h3-7,11,18H,8-10H2,1-2H3,(H2,15,16,20). The maximum atomic E-state index is 11.7. The van der Waals surface area contributed by atoms with E-state index in [1.807, 2.05) is 18.2 Å². The van der Waals surface area contributed by atoms with E-state index in [4.69, 9.17) is 5.11 Å². The molecule has 0 aliphatic rings. The van der Waals surface area contributed by atoms with Crippen molar-refractivity contribution in [2.75, 3.05) is 25.5 Å². The van der Waals surface area contributed by atoms with E-state index in [1.165, 1.54) is 4.90 Å². The van der Waals surface area contributed by atoms with Gasteiger partial charge in [0.2, 0.25) is 5.91 Å². The summed E-state index contributed by atoms with van der Waals surface area (Å²) in [4.78, 5) is 24.8. The molecule has 0 aliphatic heterocycles. The van der Waals surface area contributed by atoms with E-state index in [2.05, 4.69) is 10.6 Å². The molecule has 1 rings (SSSR count). The van der Waals surface area contributed by atoms with Gasteiger partial charge in [-0.05, 0) is 25.5 Å². The van der Waals surface area contributed by atoms with Gasteiger partial charge in [-0.15, -0.1) is 0 Å². The Bertz CT molecular complexity index is 435. The molecule has 0 aliphatic carbocycles. The third kappa shape index (κ3) is 6.19. The minimum absolute atomic E-state index is 0.0744. The number of aliphatic hydroxyl groups is 1. The number of carbonyl (C=O) groups excluding carboxylic acids is 2. The minimum atomic E-state index is -0.445. The summed E-state index contributed by atoms with van der Waals surface area (Å²) < 4.78 is 0. The van der Waals surface area contributed by atoms with Crippen LogP contribution in [0.4, 0.5) is 10.5 Å². The Hall–Kier alpha value is -2.08. The molecule has 1 aromatic rings. The number of hydrogen-bond donors (Lipinski definition) is 3. The van der Waals surface area contributed by atoms with Crippen LogP contribution >= 0.6 is 0 Å². The van der Waals surface area contributed by atoms with E-state index in [9.17, 15) is 9.59 Å². The van der Waals surface area contributed by atoms with Gasteiger partial charge in [-0.1, -0.05) is 18.2 Å². The smallest absolute Gasteiger partial charge is 0.319 e. The van der Waals surface area contributed by atoms with Gasteiger partial charge >= 0.3 is 6.03 Å². The van der Waals surface area contributed by atoms with Gasteiger partial charge in [0.1, 0.15) is 0 Å². The first-order valence-corrected chi connectivity index (χ1v) is 6.51. The molecule has 0 spiro atoms. The molecule has 0 radical (unpaired) electrons. The monoisotopic (exact) mass is 279 g/mol. The topological polar surface area (TPSA) is 81.7 Å². The fourth-order valence-corrected chi connectivity index (χ4v) is 1.49. The van der Waals surface area contributed by atoms with Gasteiger partial charge in [0, 0.05) is 19.3 Å². The van der Waals surface area contributed by atoms with E-state index in [-0.39, 0.29) is 12.5 Å². The zero-order valence-corrected chi connectivity index (χ0v) is 11.8. The molecule has 0 fully saturated rings. The first-order valence-electron chi connectivity index (χ1n) is 6.51. The first-order chi connectivity index (χ1) is 9.49. The summed E-state index contributed by atoms with van der Waals surface area (Å²) >= 11 is 0. The third-order valence-corrected chi connectivity index (χ3v) is 2.74. The highest BCUT2D eigenvalue weighted by atomic mass is 16.3. The maximum Gasteiger partial charge on any atom is 0.319 e. The van der Waals surface area contributed by atoms with Crippen molar-refractivity contribution in [2.24, 2.45) is 0 Å². The Labute approximate surface area is 118 Å². The van der Waals surface area contributed by atoms with Crippen LogP contribution in [-0.2, 0) is 4.79 Å². The number of amides is 3. The van der Waals surface area contributed by atoms with Crippen molar-refractivity contribution in [1.82, 2.24) is 10.2 Å². The van der Waals surface area contributed by atoms with Crippen molar-refractivity contribution in [3.63, 3.8) is 0 Å². The highest BCUT2D eigenvalue weighted by Crippen LogP contribution is 2.04. The second kappa shape index (κ2) is 8.16. The highest BCUT2D eigenvalue weighted by molar-refractivity contribution is 5.92. The maximum absolute atomic E-state index is 11.7. The van der Waals surface area contributed by atoms with E-state index in [1.54, 1.807) is 26.1 Å². The summed E-state index contributed by atoms with van der Waals surface area (Å²) in [7, 11) is 1.64. The Morgan fingerprint density at radius 2 is 1.95 bits per heavy atom. The summed E-state index contributed by atoms with van der Waals surface area (Å²) in [5, 5.41) is 14.3. The van der Waals surface area contributed by atoms with Crippen molar-refractivity contribution < 1.29 is 14.7 Å². The van der Waals surface area contributed by atoms with Crippen LogP contribution in [0.3, 0.4) is 0 Å². The molecule has 0 aromatic heterocycles. The van der Waals surface area contributed by atoms with Crippen LogP contribution in [0.5, 0.6) is 0 Å². The number of hydrogen-bond acceptors (Lipinski definition) is 3. The molecule has 110 valence electrons. The summed E-state index contributed by atoms with van der Waals surface area (Å²) in [6.45, 7) is 2.05. The lowest BCUT2D eigenvalue weighted by atomic mass is 10.3. The van der Waals surface area contributed by atoms with Crippen LogP contribution in [0.1, 0.15) is 13.3 Å². The van der Waals surface area contributed by atoms with Crippen LogP contribution in [0.2, 0.25) is 0 Å². The van der Waals surface area contributed by atoms with Crippen LogP contribution in [-0.4, -0.2) is 48.2 Å². The molecule has 0 bridgehead atoms. The van der Waals surface area contributed by atoms with E-state index < -0.39 is 12.1 Å². The van der Waals surface area contributed by atoms with Gasteiger partial charge in [0.25, 0.3) is 0 Å². The predicted octanol–water partition coefficient (Wildman–Crippen LogP) is 1.04. The Morgan fingerprint density at radius 1 is 1.30 bits per heavy atom. The van der Waals surface area contributed by atoms with Gasteiger partial charge in [-0.2, -0.15) is 0 Å². The Kier molecular flexibility index (Phi) is 6.52. The van der Waals surface area contributed by atoms with Crippen molar-refractivity contribution in [1.29, 1.82) is 0 Å². The quantitative estimate of drug-likeness (QED) is 0.727. The molecular formula is C14H21N3O3. The number of urea groups is 1. The fourth-order valence-electron chi connectivity index (χ4n) is 1.49. The number of para-hydroxylation sites is 1. The predicted molar refractivity (Wildman–Crippen MR) is 77.4 cm³/mol. The second-order valence-corrected chi connectivity index (χ2v) is 4.63. The van der Waals surface area contributed by atoms with E-state index in [0.29, 0.717) is 18.7 Å². The molecule has 1 atom stereocenters.